The molecule has 37 heavy (non-hydrogen) atoms. The summed E-state index contributed by atoms with van der Waals surface area (Å²) in [5, 5.41) is 0. The van der Waals surface area contributed by atoms with Gasteiger partial charge in [-0.05, 0) is 66.8 Å². The van der Waals surface area contributed by atoms with E-state index >= 15 is 0 Å². The standard InChI is InChI=1S/C29H32N2O6/c1-2-21-7-10-23(11-8-21)29(33)31(18-25-6-4-14-35-25)19-28(32)30(17-24-5-3-13-34-24)16-22-9-12-26-27(15-22)37-20-36-26/h3,5,7-13,15,25H,2,4,6,14,16-20H2,1H3. The summed E-state index contributed by atoms with van der Waals surface area (Å²) in [6.45, 7) is 3.88. The number of hydrogen-bond acceptors (Lipinski definition) is 6. The Kier molecular flexibility index (Phi) is 7.75. The summed E-state index contributed by atoms with van der Waals surface area (Å²) in [6, 6.07) is 16.9. The lowest BCUT2D eigenvalue weighted by Crippen LogP contribution is -2.45. The lowest BCUT2D eigenvalue weighted by atomic mass is 10.1. The SMILES string of the molecule is CCc1ccc(C(=O)N(CC(=O)N(Cc2ccc3c(c2)OCO3)Cc2ccco2)CC2CCCO2)cc1. The van der Waals surface area contributed by atoms with Gasteiger partial charge in [0.25, 0.3) is 5.91 Å². The van der Waals surface area contributed by atoms with Crippen LogP contribution in [-0.2, 0) is 29.0 Å². The maximum atomic E-state index is 13.7. The second-order valence-corrected chi connectivity index (χ2v) is 9.39. The number of carbonyl (C=O) groups is 2. The van der Waals surface area contributed by atoms with Crippen LogP contribution < -0.4 is 9.47 Å². The van der Waals surface area contributed by atoms with Crippen molar-refractivity contribution < 1.29 is 28.2 Å². The van der Waals surface area contributed by atoms with E-state index in [0.717, 1.165) is 30.4 Å². The smallest absolute Gasteiger partial charge is 0.254 e. The van der Waals surface area contributed by atoms with Crippen LogP contribution >= 0.6 is 0 Å². The lowest BCUT2D eigenvalue weighted by Gasteiger charge is -2.29. The van der Waals surface area contributed by atoms with Crippen LogP contribution in [0.15, 0.2) is 65.3 Å². The number of benzene rings is 2. The molecule has 1 saturated heterocycles. The summed E-state index contributed by atoms with van der Waals surface area (Å²) in [4.78, 5) is 30.6. The Morgan fingerprint density at radius 1 is 0.946 bits per heavy atom. The van der Waals surface area contributed by atoms with Gasteiger partial charge in [-0.1, -0.05) is 25.1 Å². The highest BCUT2D eigenvalue weighted by Crippen LogP contribution is 2.33. The highest BCUT2D eigenvalue weighted by atomic mass is 16.7. The molecule has 2 aromatic carbocycles. The summed E-state index contributed by atoms with van der Waals surface area (Å²) in [5.74, 6) is 1.67. The lowest BCUT2D eigenvalue weighted by molar-refractivity contribution is -0.133. The second kappa shape index (κ2) is 11.5. The molecule has 1 unspecified atom stereocenters. The molecule has 8 nitrogen and oxygen atoms in total. The Hall–Kier alpha value is -3.78. The van der Waals surface area contributed by atoms with Crippen molar-refractivity contribution in [3.63, 3.8) is 0 Å². The van der Waals surface area contributed by atoms with Crippen LogP contribution in [0, 0.1) is 0 Å². The Labute approximate surface area is 216 Å². The zero-order chi connectivity index (χ0) is 25.6. The van der Waals surface area contributed by atoms with Crippen molar-refractivity contribution in [3.8, 4) is 11.5 Å². The van der Waals surface area contributed by atoms with Gasteiger partial charge in [0, 0.05) is 25.3 Å². The van der Waals surface area contributed by atoms with Gasteiger partial charge in [-0.2, -0.15) is 0 Å². The van der Waals surface area contributed by atoms with E-state index in [1.165, 1.54) is 0 Å². The molecule has 0 bridgehead atoms. The Morgan fingerprint density at radius 3 is 2.49 bits per heavy atom. The van der Waals surface area contributed by atoms with Crippen molar-refractivity contribution in [3.05, 3.63) is 83.3 Å². The minimum atomic E-state index is -0.175. The van der Waals surface area contributed by atoms with Crippen molar-refractivity contribution >= 4 is 11.8 Å². The first kappa shape index (κ1) is 24.9. The van der Waals surface area contributed by atoms with E-state index in [1.807, 2.05) is 48.5 Å². The van der Waals surface area contributed by atoms with Crippen molar-refractivity contribution in [2.45, 2.75) is 45.4 Å². The number of hydrogen-bond donors (Lipinski definition) is 0. The first-order valence-electron chi connectivity index (χ1n) is 12.8. The summed E-state index contributed by atoms with van der Waals surface area (Å²) in [7, 11) is 0. The molecule has 1 fully saturated rings. The number of fused-ring (bicyclic) bond motifs is 1. The molecule has 2 amide bonds. The van der Waals surface area contributed by atoms with Crippen LogP contribution in [0.3, 0.4) is 0 Å². The average molecular weight is 505 g/mol. The topological polar surface area (TPSA) is 81.5 Å². The predicted octanol–water partition coefficient (Wildman–Crippen LogP) is 4.42. The van der Waals surface area contributed by atoms with Crippen LogP contribution in [0.25, 0.3) is 0 Å². The molecule has 3 heterocycles. The zero-order valence-electron chi connectivity index (χ0n) is 21.1. The van der Waals surface area contributed by atoms with Gasteiger partial charge in [0.1, 0.15) is 12.3 Å². The molecule has 0 N–H and O–H groups in total. The van der Waals surface area contributed by atoms with Crippen molar-refractivity contribution in [2.24, 2.45) is 0 Å². The fourth-order valence-corrected chi connectivity index (χ4v) is 4.66. The summed E-state index contributed by atoms with van der Waals surface area (Å²) in [5.41, 5.74) is 2.62. The average Bonchev–Trinajstić information content (AvgIpc) is 3.71. The number of nitrogens with zero attached hydrogens (tertiary/aromatic N) is 2. The maximum Gasteiger partial charge on any atom is 0.254 e. The number of ether oxygens (including phenoxy) is 3. The molecular formula is C29H32N2O6. The van der Waals surface area contributed by atoms with E-state index in [0.29, 0.717) is 42.5 Å². The van der Waals surface area contributed by atoms with Crippen LogP contribution in [0.2, 0.25) is 0 Å². The van der Waals surface area contributed by atoms with E-state index < -0.39 is 0 Å². The molecule has 0 aliphatic carbocycles. The molecule has 1 atom stereocenters. The summed E-state index contributed by atoms with van der Waals surface area (Å²) in [6.07, 6.45) is 4.25. The first-order valence-corrected chi connectivity index (χ1v) is 12.8. The maximum absolute atomic E-state index is 13.7. The summed E-state index contributed by atoms with van der Waals surface area (Å²) >= 11 is 0. The predicted molar refractivity (Wildman–Crippen MR) is 136 cm³/mol. The molecule has 0 spiro atoms. The molecule has 5 rings (SSSR count). The molecule has 1 aromatic heterocycles. The Bertz CT molecular complexity index is 1200. The van der Waals surface area contributed by atoms with Gasteiger partial charge in [0.05, 0.1) is 18.9 Å². The molecule has 3 aromatic rings. The molecule has 0 radical (unpaired) electrons. The van der Waals surface area contributed by atoms with E-state index in [4.69, 9.17) is 18.6 Å². The number of aryl methyl sites for hydroxylation is 1. The zero-order valence-corrected chi connectivity index (χ0v) is 21.1. The molecule has 8 heteroatoms. The minimum absolute atomic E-state index is 0.0561. The number of carbonyl (C=O) groups excluding carboxylic acids is 2. The quantitative estimate of drug-likeness (QED) is 0.407. The van der Waals surface area contributed by atoms with Crippen LogP contribution in [0.1, 0.15) is 47.0 Å². The fourth-order valence-electron chi connectivity index (χ4n) is 4.66. The number of furan rings is 1. The largest absolute Gasteiger partial charge is 0.467 e. The minimum Gasteiger partial charge on any atom is -0.467 e. The van der Waals surface area contributed by atoms with Gasteiger partial charge in [-0.25, -0.2) is 0 Å². The number of rotatable bonds is 10. The fraction of sp³-hybridized carbons (Fsp3) is 0.379. The third kappa shape index (κ3) is 6.14. The Morgan fingerprint density at radius 2 is 1.76 bits per heavy atom. The van der Waals surface area contributed by atoms with E-state index in [-0.39, 0.29) is 37.8 Å². The molecule has 194 valence electrons. The molecule has 2 aliphatic heterocycles. The van der Waals surface area contributed by atoms with Gasteiger partial charge in [-0.15, -0.1) is 0 Å². The highest BCUT2D eigenvalue weighted by Gasteiger charge is 2.28. The van der Waals surface area contributed by atoms with E-state index in [2.05, 4.69) is 6.92 Å². The van der Waals surface area contributed by atoms with Crippen molar-refractivity contribution in [1.29, 1.82) is 0 Å². The van der Waals surface area contributed by atoms with Gasteiger partial charge < -0.3 is 28.4 Å². The Balaban J connectivity index is 1.36. The number of amides is 2. The molecule has 2 aliphatic rings. The van der Waals surface area contributed by atoms with Gasteiger partial charge in [0.15, 0.2) is 11.5 Å². The second-order valence-electron chi connectivity index (χ2n) is 9.39. The van der Waals surface area contributed by atoms with Crippen LogP contribution in [0.4, 0.5) is 0 Å². The third-order valence-corrected chi connectivity index (χ3v) is 6.76. The third-order valence-electron chi connectivity index (χ3n) is 6.76. The van der Waals surface area contributed by atoms with Crippen molar-refractivity contribution in [2.75, 3.05) is 26.5 Å². The van der Waals surface area contributed by atoms with E-state index in [9.17, 15) is 9.59 Å². The highest BCUT2D eigenvalue weighted by molar-refractivity contribution is 5.96. The van der Waals surface area contributed by atoms with Gasteiger partial charge >= 0.3 is 0 Å². The van der Waals surface area contributed by atoms with E-state index in [1.54, 1.807) is 22.1 Å². The monoisotopic (exact) mass is 504 g/mol. The van der Waals surface area contributed by atoms with Crippen LogP contribution in [-0.4, -0.2) is 54.2 Å². The summed E-state index contributed by atoms with van der Waals surface area (Å²) < 4.78 is 22.3. The van der Waals surface area contributed by atoms with Gasteiger partial charge in [-0.3, -0.25) is 9.59 Å². The molecular weight excluding hydrogens is 472 g/mol. The molecule has 0 saturated carbocycles. The van der Waals surface area contributed by atoms with Gasteiger partial charge in [0.2, 0.25) is 12.7 Å². The van der Waals surface area contributed by atoms with Crippen molar-refractivity contribution in [1.82, 2.24) is 9.80 Å². The normalized spacial score (nSPS) is 16.1. The van der Waals surface area contributed by atoms with Crippen LogP contribution in [0.5, 0.6) is 11.5 Å². The first-order chi connectivity index (χ1) is 18.1.